The van der Waals surface area contributed by atoms with Crippen molar-refractivity contribution in [3.05, 3.63) is 0 Å². The van der Waals surface area contributed by atoms with Crippen molar-refractivity contribution in [3.63, 3.8) is 0 Å². The van der Waals surface area contributed by atoms with Gasteiger partial charge in [0.05, 0.1) is 0 Å². The van der Waals surface area contributed by atoms with Crippen LogP contribution >= 0.6 is 0 Å². The van der Waals surface area contributed by atoms with Gasteiger partial charge in [-0.15, -0.1) is 0 Å². The van der Waals surface area contributed by atoms with Gasteiger partial charge in [0.25, 0.3) is 0 Å². The summed E-state index contributed by atoms with van der Waals surface area (Å²) in [6.07, 6.45) is 3.31. The minimum absolute atomic E-state index is 0.317. The molecule has 1 fully saturated rings. The van der Waals surface area contributed by atoms with Gasteiger partial charge in [0, 0.05) is 32.1 Å². The topological polar surface area (TPSA) is 65.1 Å². The van der Waals surface area contributed by atoms with Crippen LogP contribution in [0.25, 0.3) is 0 Å². The summed E-state index contributed by atoms with van der Waals surface area (Å²) in [6, 6.07) is 0.504. The third-order valence-corrected chi connectivity index (χ3v) is 3.42. The molecule has 1 heterocycles. The van der Waals surface area contributed by atoms with Crippen LogP contribution in [0, 0.1) is 0 Å². The van der Waals surface area contributed by atoms with Gasteiger partial charge >= 0.3 is 0 Å². The second-order valence-corrected chi connectivity index (χ2v) is 5.02. The molecule has 0 radical (unpaired) electrons. The lowest BCUT2D eigenvalue weighted by Crippen LogP contribution is -2.39. The number of likely N-dealkylation sites (tertiary alicyclic amines) is 1. The van der Waals surface area contributed by atoms with E-state index in [1.807, 2.05) is 0 Å². The summed E-state index contributed by atoms with van der Waals surface area (Å²) in [5.74, 6) is 0.317. The van der Waals surface area contributed by atoms with Crippen LogP contribution in [0.1, 0.15) is 33.1 Å². The van der Waals surface area contributed by atoms with Crippen LogP contribution in [0.2, 0.25) is 0 Å². The van der Waals surface area contributed by atoms with E-state index in [4.69, 9.17) is 10.9 Å². The molecule has 0 saturated carbocycles. The molecule has 0 aromatic rings. The smallest absolute Gasteiger partial charge is 0.140 e. The second-order valence-electron chi connectivity index (χ2n) is 5.02. The van der Waals surface area contributed by atoms with Crippen molar-refractivity contribution < 1.29 is 5.21 Å². The average Bonchev–Trinajstić information content (AvgIpc) is 2.81. The van der Waals surface area contributed by atoms with Gasteiger partial charge in [0.1, 0.15) is 5.84 Å². The molecule has 3 N–H and O–H groups in total. The van der Waals surface area contributed by atoms with E-state index in [0.717, 1.165) is 19.6 Å². The van der Waals surface area contributed by atoms with Crippen LogP contribution < -0.4 is 5.73 Å². The SMILES string of the molecule is CC(C)N(CCC(N)=NO)CCN1CCCC1. The zero-order valence-corrected chi connectivity index (χ0v) is 11.1. The van der Waals surface area contributed by atoms with Crippen molar-refractivity contribution in [1.82, 2.24) is 9.80 Å². The molecule has 0 unspecified atom stereocenters. The van der Waals surface area contributed by atoms with Crippen LogP contribution in [0.4, 0.5) is 0 Å². The van der Waals surface area contributed by atoms with Gasteiger partial charge in [-0.05, 0) is 39.8 Å². The highest BCUT2D eigenvalue weighted by molar-refractivity contribution is 5.79. The first-order chi connectivity index (χ1) is 8.13. The Morgan fingerprint density at radius 2 is 2.00 bits per heavy atom. The Morgan fingerprint density at radius 1 is 1.35 bits per heavy atom. The second kappa shape index (κ2) is 7.50. The van der Waals surface area contributed by atoms with Crippen molar-refractivity contribution in [2.24, 2.45) is 10.9 Å². The van der Waals surface area contributed by atoms with E-state index in [-0.39, 0.29) is 0 Å². The van der Waals surface area contributed by atoms with Crippen molar-refractivity contribution in [2.45, 2.75) is 39.2 Å². The molecule has 0 amide bonds. The lowest BCUT2D eigenvalue weighted by Gasteiger charge is -2.28. The molecule has 1 aliphatic rings. The highest BCUT2D eigenvalue weighted by Gasteiger charge is 2.15. The Balaban J connectivity index is 2.27. The van der Waals surface area contributed by atoms with Gasteiger partial charge in [0.15, 0.2) is 0 Å². The van der Waals surface area contributed by atoms with Crippen molar-refractivity contribution in [1.29, 1.82) is 0 Å². The van der Waals surface area contributed by atoms with E-state index in [1.165, 1.54) is 25.9 Å². The zero-order valence-electron chi connectivity index (χ0n) is 11.1. The molecular formula is C12H26N4O. The van der Waals surface area contributed by atoms with E-state index in [2.05, 4.69) is 28.8 Å². The molecule has 1 rings (SSSR count). The quantitative estimate of drug-likeness (QED) is 0.302. The minimum Gasteiger partial charge on any atom is -0.409 e. The molecule has 0 aromatic carbocycles. The lowest BCUT2D eigenvalue weighted by molar-refractivity contribution is 0.192. The summed E-state index contributed by atoms with van der Waals surface area (Å²) >= 11 is 0. The molecule has 1 aliphatic heterocycles. The number of hydrogen-bond donors (Lipinski definition) is 2. The lowest BCUT2D eigenvalue weighted by atomic mass is 10.2. The fourth-order valence-corrected chi connectivity index (χ4v) is 2.21. The Hall–Kier alpha value is -0.810. The molecule has 5 nitrogen and oxygen atoms in total. The van der Waals surface area contributed by atoms with Crippen molar-refractivity contribution >= 4 is 5.84 Å². The van der Waals surface area contributed by atoms with E-state index in [1.54, 1.807) is 0 Å². The van der Waals surface area contributed by atoms with Crippen molar-refractivity contribution in [2.75, 3.05) is 32.7 Å². The maximum Gasteiger partial charge on any atom is 0.140 e. The molecule has 0 aromatic heterocycles. The summed E-state index contributed by atoms with van der Waals surface area (Å²) in [6.45, 7) is 9.93. The van der Waals surface area contributed by atoms with Gasteiger partial charge in [0.2, 0.25) is 0 Å². The fourth-order valence-electron chi connectivity index (χ4n) is 2.21. The molecular weight excluding hydrogens is 216 g/mol. The standard InChI is InChI=1S/C12H26N4O/c1-11(2)16(8-5-12(13)14-17)10-9-15-6-3-4-7-15/h11,17H,3-10H2,1-2H3,(H2,13,14). The monoisotopic (exact) mass is 242 g/mol. The fraction of sp³-hybridized carbons (Fsp3) is 0.917. The van der Waals surface area contributed by atoms with Gasteiger partial charge in [-0.2, -0.15) is 0 Å². The molecule has 1 saturated heterocycles. The number of rotatable bonds is 7. The molecule has 0 spiro atoms. The first-order valence-electron chi connectivity index (χ1n) is 6.56. The number of amidine groups is 1. The molecule has 17 heavy (non-hydrogen) atoms. The summed E-state index contributed by atoms with van der Waals surface area (Å²) < 4.78 is 0. The maximum absolute atomic E-state index is 8.52. The summed E-state index contributed by atoms with van der Waals surface area (Å²) in [5.41, 5.74) is 5.50. The van der Waals surface area contributed by atoms with E-state index in [9.17, 15) is 0 Å². The highest BCUT2D eigenvalue weighted by Crippen LogP contribution is 2.08. The largest absolute Gasteiger partial charge is 0.409 e. The number of nitrogens with zero attached hydrogens (tertiary/aromatic N) is 3. The average molecular weight is 242 g/mol. The van der Waals surface area contributed by atoms with E-state index in [0.29, 0.717) is 18.3 Å². The van der Waals surface area contributed by atoms with Crippen LogP contribution in [-0.4, -0.2) is 59.6 Å². The van der Waals surface area contributed by atoms with Crippen LogP contribution in [0.15, 0.2) is 5.16 Å². The van der Waals surface area contributed by atoms with Crippen LogP contribution in [0.5, 0.6) is 0 Å². The molecule has 0 aliphatic carbocycles. The predicted molar refractivity (Wildman–Crippen MR) is 70.4 cm³/mol. The molecule has 5 heteroatoms. The van der Waals surface area contributed by atoms with Crippen molar-refractivity contribution in [3.8, 4) is 0 Å². The molecule has 0 bridgehead atoms. The first kappa shape index (κ1) is 14.3. The molecule has 0 atom stereocenters. The van der Waals surface area contributed by atoms with Crippen LogP contribution in [0.3, 0.4) is 0 Å². The minimum atomic E-state index is 0.317. The predicted octanol–water partition coefficient (Wildman–Crippen LogP) is 0.929. The zero-order chi connectivity index (χ0) is 12.7. The number of nitrogens with two attached hydrogens (primary N) is 1. The van der Waals surface area contributed by atoms with E-state index < -0.39 is 0 Å². The third-order valence-electron chi connectivity index (χ3n) is 3.42. The summed E-state index contributed by atoms with van der Waals surface area (Å²) in [7, 11) is 0. The van der Waals surface area contributed by atoms with Crippen LogP contribution in [-0.2, 0) is 0 Å². The highest BCUT2D eigenvalue weighted by atomic mass is 16.4. The van der Waals surface area contributed by atoms with Gasteiger partial charge in [-0.3, -0.25) is 4.90 Å². The van der Waals surface area contributed by atoms with Gasteiger partial charge < -0.3 is 15.8 Å². The summed E-state index contributed by atoms with van der Waals surface area (Å²) in [4.78, 5) is 4.90. The summed E-state index contributed by atoms with van der Waals surface area (Å²) in [5, 5.41) is 11.5. The Morgan fingerprint density at radius 3 is 2.53 bits per heavy atom. The maximum atomic E-state index is 8.52. The van der Waals surface area contributed by atoms with Gasteiger partial charge in [-0.1, -0.05) is 5.16 Å². The Labute approximate surface area is 104 Å². The number of oxime groups is 1. The first-order valence-corrected chi connectivity index (χ1v) is 6.56. The Bertz CT molecular complexity index is 237. The third kappa shape index (κ3) is 5.37. The van der Waals surface area contributed by atoms with E-state index >= 15 is 0 Å². The van der Waals surface area contributed by atoms with Gasteiger partial charge in [-0.25, -0.2) is 0 Å². The Kier molecular flexibility index (Phi) is 6.29. The normalized spacial score (nSPS) is 18.5. The number of hydrogen-bond acceptors (Lipinski definition) is 4. The molecule has 100 valence electrons.